The standard InChI is InChI=1S/C14H18F2O3/c1-8-4-3-5-11(14(8)17)19-13-7-10(16)9(15)6-12(13)18-2/h6-8,11,14,17H,3-5H2,1-2H3/t8-,11+,14+/m0/s1. The molecule has 3 atom stereocenters. The molecule has 1 aromatic rings. The van der Waals surface area contributed by atoms with E-state index in [4.69, 9.17) is 9.47 Å². The van der Waals surface area contributed by atoms with Crippen molar-refractivity contribution in [2.75, 3.05) is 7.11 Å². The van der Waals surface area contributed by atoms with Crippen LogP contribution >= 0.6 is 0 Å². The molecule has 1 aliphatic rings. The van der Waals surface area contributed by atoms with Crippen LogP contribution in [0.4, 0.5) is 8.78 Å². The van der Waals surface area contributed by atoms with Gasteiger partial charge in [0.1, 0.15) is 6.10 Å². The molecule has 1 fully saturated rings. The Morgan fingerprint density at radius 2 is 1.79 bits per heavy atom. The first kappa shape index (κ1) is 14.1. The van der Waals surface area contributed by atoms with E-state index in [0.717, 1.165) is 25.0 Å². The summed E-state index contributed by atoms with van der Waals surface area (Å²) in [7, 11) is 1.36. The fraction of sp³-hybridized carbons (Fsp3) is 0.571. The molecule has 0 saturated heterocycles. The third-order valence-electron chi connectivity index (χ3n) is 3.60. The lowest BCUT2D eigenvalue weighted by Gasteiger charge is -2.33. The Hall–Kier alpha value is -1.36. The molecule has 3 nitrogen and oxygen atoms in total. The molecule has 106 valence electrons. The molecule has 0 aromatic heterocycles. The summed E-state index contributed by atoms with van der Waals surface area (Å²) in [6.07, 6.45) is 1.55. The van der Waals surface area contributed by atoms with Crippen LogP contribution in [0.15, 0.2) is 12.1 Å². The number of rotatable bonds is 3. The maximum atomic E-state index is 13.3. The van der Waals surface area contributed by atoms with Gasteiger partial charge in [-0.3, -0.25) is 0 Å². The van der Waals surface area contributed by atoms with Crippen LogP contribution in [0.1, 0.15) is 26.2 Å². The van der Waals surface area contributed by atoms with Crippen LogP contribution in [0.2, 0.25) is 0 Å². The molecule has 2 rings (SSSR count). The molecular formula is C14H18F2O3. The molecule has 1 saturated carbocycles. The Balaban J connectivity index is 2.20. The summed E-state index contributed by atoms with van der Waals surface area (Å²) in [6, 6.07) is 1.91. The summed E-state index contributed by atoms with van der Waals surface area (Å²) in [6.45, 7) is 1.95. The lowest BCUT2D eigenvalue weighted by molar-refractivity contribution is -0.0264. The monoisotopic (exact) mass is 272 g/mol. The maximum Gasteiger partial charge on any atom is 0.164 e. The number of hydrogen-bond acceptors (Lipinski definition) is 3. The summed E-state index contributed by atoms with van der Waals surface area (Å²) < 4.78 is 36.9. The highest BCUT2D eigenvalue weighted by atomic mass is 19.2. The molecule has 19 heavy (non-hydrogen) atoms. The highest BCUT2D eigenvalue weighted by molar-refractivity contribution is 5.41. The minimum absolute atomic E-state index is 0.125. The fourth-order valence-corrected chi connectivity index (χ4v) is 2.40. The van der Waals surface area contributed by atoms with Crippen molar-refractivity contribution in [2.24, 2.45) is 5.92 Å². The van der Waals surface area contributed by atoms with E-state index in [-0.39, 0.29) is 17.4 Å². The Kier molecular flexibility index (Phi) is 4.24. The van der Waals surface area contributed by atoms with Crippen LogP contribution in [0.25, 0.3) is 0 Å². The Morgan fingerprint density at radius 1 is 1.16 bits per heavy atom. The highest BCUT2D eigenvalue weighted by Gasteiger charge is 2.31. The second-order valence-electron chi connectivity index (χ2n) is 4.97. The third-order valence-corrected chi connectivity index (χ3v) is 3.60. The number of benzene rings is 1. The average Bonchev–Trinajstić information content (AvgIpc) is 2.39. The van der Waals surface area contributed by atoms with Crippen LogP contribution in [0.5, 0.6) is 11.5 Å². The quantitative estimate of drug-likeness (QED) is 0.919. The second-order valence-corrected chi connectivity index (χ2v) is 4.97. The number of hydrogen-bond donors (Lipinski definition) is 1. The first-order valence-corrected chi connectivity index (χ1v) is 6.40. The number of ether oxygens (including phenoxy) is 2. The van der Waals surface area contributed by atoms with Crippen molar-refractivity contribution < 1.29 is 23.4 Å². The van der Waals surface area contributed by atoms with Crippen molar-refractivity contribution in [3.05, 3.63) is 23.8 Å². The molecule has 1 N–H and O–H groups in total. The Labute approximate surface area is 111 Å². The van der Waals surface area contributed by atoms with Gasteiger partial charge in [-0.2, -0.15) is 0 Å². The molecule has 0 aliphatic heterocycles. The first-order valence-electron chi connectivity index (χ1n) is 6.40. The summed E-state index contributed by atoms with van der Waals surface area (Å²) in [4.78, 5) is 0. The Morgan fingerprint density at radius 3 is 2.42 bits per heavy atom. The van der Waals surface area contributed by atoms with Crippen molar-refractivity contribution in [3.63, 3.8) is 0 Å². The van der Waals surface area contributed by atoms with Crippen LogP contribution in [-0.4, -0.2) is 24.4 Å². The van der Waals surface area contributed by atoms with Crippen molar-refractivity contribution in [1.82, 2.24) is 0 Å². The van der Waals surface area contributed by atoms with Crippen LogP contribution in [0.3, 0.4) is 0 Å². The van der Waals surface area contributed by atoms with Gasteiger partial charge in [0.2, 0.25) is 0 Å². The normalized spacial score (nSPS) is 27.1. The number of halogens is 2. The van der Waals surface area contributed by atoms with Gasteiger partial charge in [0.15, 0.2) is 23.1 Å². The van der Waals surface area contributed by atoms with E-state index in [9.17, 15) is 13.9 Å². The zero-order chi connectivity index (χ0) is 14.0. The summed E-state index contributed by atoms with van der Waals surface area (Å²) in [5, 5.41) is 10.1. The van der Waals surface area contributed by atoms with Gasteiger partial charge in [-0.1, -0.05) is 6.92 Å². The second kappa shape index (κ2) is 5.74. The van der Waals surface area contributed by atoms with Crippen LogP contribution in [0, 0.1) is 17.6 Å². The van der Waals surface area contributed by atoms with Gasteiger partial charge in [-0.25, -0.2) is 8.78 Å². The van der Waals surface area contributed by atoms with Crippen LogP contribution in [-0.2, 0) is 0 Å². The summed E-state index contributed by atoms with van der Waals surface area (Å²) in [5.41, 5.74) is 0. The van der Waals surface area contributed by atoms with Crippen molar-refractivity contribution in [3.8, 4) is 11.5 Å². The lowest BCUT2D eigenvalue weighted by Crippen LogP contribution is -2.40. The lowest BCUT2D eigenvalue weighted by atomic mass is 9.86. The van der Waals surface area contributed by atoms with Gasteiger partial charge in [0, 0.05) is 12.1 Å². The molecule has 0 radical (unpaired) electrons. The molecule has 1 aliphatic carbocycles. The van der Waals surface area contributed by atoms with Gasteiger partial charge in [0.25, 0.3) is 0 Å². The maximum absolute atomic E-state index is 13.3. The number of aliphatic hydroxyl groups excluding tert-OH is 1. The van der Waals surface area contributed by atoms with E-state index in [0.29, 0.717) is 6.42 Å². The van der Waals surface area contributed by atoms with Crippen molar-refractivity contribution in [1.29, 1.82) is 0 Å². The largest absolute Gasteiger partial charge is 0.493 e. The van der Waals surface area contributed by atoms with Gasteiger partial charge in [-0.15, -0.1) is 0 Å². The van der Waals surface area contributed by atoms with E-state index in [1.165, 1.54) is 7.11 Å². The predicted octanol–water partition coefficient (Wildman–Crippen LogP) is 2.90. The number of methoxy groups -OCH3 is 1. The first-order chi connectivity index (χ1) is 9.02. The van der Waals surface area contributed by atoms with E-state index in [1.54, 1.807) is 0 Å². The van der Waals surface area contributed by atoms with Crippen molar-refractivity contribution >= 4 is 0 Å². The zero-order valence-electron chi connectivity index (χ0n) is 11.0. The van der Waals surface area contributed by atoms with E-state index >= 15 is 0 Å². The average molecular weight is 272 g/mol. The predicted molar refractivity (Wildman–Crippen MR) is 66.3 cm³/mol. The van der Waals surface area contributed by atoms with Crippen molar-refractivity contribution in [2.45, 2.75) is 38.4 Å². The van der Waals surface area contributed by atoms with Gasteiger partial charge in [-0.05, 0) is 25.2 Å². The molecule has 1 aromatic carbocycles. The molecule has 0 bridgehead atoms. The van der Waals surface area contributed by atoms with Gasteiger partial charge in [0.05, 0.1) is 13.2 Å². The SMILES string of the molecule is COc1cc(F)c(F)cc1O[C@@H]1CCC[C@H](C)[C@H]1O. The smallest absolute Gasteiger partial charge is 0.164 e. The topological polar surface area (TPSA) is 38.7 Å². The van der Waals surface area contributed by atoms with Crippen LogP contribution < -0.4 is 9.47 Å². The number of aliphatic hydroxyl groups is 1. The van der Waals surface area contributed by atoms with E-state index in [1.807, 2.05) is 6.92 Å². The highest BCUT2D eigenvalue weighted by Crippen LogP contribution is 2.34. The molecule has 0 unspecified atom stereocenters. The van der Waals surface area contributed by atoms with E-state index < -0.39 is 23.8 Å². The van der Waals surface area contributed by atoms with Gasteiger partial charge < -0.3 is 14.6 Å². The molecule has 0 amide bonds. The van der Waals surface area contributed by atoms with Gasteiger partial charge >= 0.3 is 0 Å². The summed E-state index contributed by atoms with van der Waals surface area (Å²) in [5.74, 6) is -1.59. The fourth-order valence-electron chi connectivity index (χ4n) is 2.40. The minimum atomic E-state index is -0.992. The third kappa shape index (κ3) is 2.97. The van der Waals surface area contributed by atoms with E-state index in [2.05, 4.69) is 0 Å². The summed E-state index contributed by atoms with van der Waals surface area (Å²) >= 11 is 0. The minimum Gasteiger partial charge on any atom is -0.493 e. The molecular weight excluding hydrogens is 254 g/mol. The Bertz CT molecular complexity index is 451. The molecule has 0 heterocycles. The molecule has 0 spiro atoms. The molecule has 5 heteroatoms. The zero-order valence-corrected chi connectivity index (χ0v) is 11.0.